The molecular formula is C19H21ClFN3O2. The van der Waals surface area contributed by atoms with E-state index in [-0.39, 0.29) is 11.7 Å². The lowest BCUT2D eigenvalue weighted by Gasteiger charge is -2.26. The molecule has 0 aliphatic carbocycles. The van der Waals surface area contributed by atoms with E-state index in [2.05, 4.69) is 10.3 Å². The van der Waals surface area contributed by atoms with Gasteiger partial charge >= 0.3 is 0 Å². The predicted octanol–water partition coefficient (Wildman–Crippen LogP) is 3.39. The molecule has 0 saturated carbocycles. The number of aryl methyl sites for hydroxylation is 1. The Morgan fingerprint density at radius 1 is 1.31 bits per heavy atom. The summed E-state index contributed by atoms with van der Waals surface area (Å²) >= 11 is 6.26. The van der Waals surface area contributed by atoms with Gasteiger partial charge in [-0.25, -0.2) is 9.37 Å². The lowest BCUT2D eigenvalue weighted by Crippen LogP contribution is -2.40. The van der Waals surface area contributed by atoms with Crippen molar-refractivity contribution in [1.82, 2.24) is 9.88 Å². The third kappa shape index (κ3) is 4.93. The zero-order valence-electron chi connectivity index (χ0n) is 14.4. The highest BCUT2D eigenvalue weighted by atomic mass is 35.5. The van der Waals surface area contributed by atoms with Crippen LogP contribution in [0.15, 0.2) is 36.5 Å². The van der Waals surface area contributed by atoms with E-state index in [0.29, 0.717) is 49.3 Å². The van der Waals surface area contributed by atoms with Crippen molar-refractivity contribution in [2.24, 2.45) is 0 Å². The Morgan fingerprint density at radius 3 is 2.85 bits per heavy atom. The smallest absolute Gasteiger partial charge is 0.255 e. The fraction of sp³-hybridized carbons (Fsp3) is 0.368. The number of aromatic nitrogens is 1. The maximum absolute atomic E-state index is 13.2. The summed E-state index contributed by atoms with van der Waals surface area (Å²) in [5.74, 6) is 0.241. The maximum atomic E-state index is 13.2. The topological polar surface area (TPSA) is 54.5 Å². The molecule has 1 N–H and O–H groups in total. The van der Waals surface area contributed by atoms with Crippen LogP contribution in [0.25, 0.3) is 0 Å². The molecule has 0 unspecified atom stereocenters. The number of rotatable bonds is 6. The summed E-state index contributed by atoms with van der Waals surface area (Å²) in [6, 6.07) is 8.23. The summed E-state index contributed by atoms with van der Waals surface area (Å²) in [7, 11) is 0. The Balaban J connectivity index is 1.51. The van der Waals surface area contributed by atoms with Crippen LogP contribution >= 0.6 is 11.6 Å². The van der Waals surface area contributed by atoms with Gasteiger partial charge in [-0.15, -0.1) is 0 Å². The predicted molar refractivity (Wildman–Crippen MR) is 99.2 cm³/mol. The first-order valence-corrected chi connectivity index (χ1v) is 9.02. The first kappa shape index (κ1) is 18.6. The van der Waals surface area contributed by atoms with Gasteiger partial charge < -0.3 is 15.0 Å². The van der Waals surface area contributed by atoms with Crippen molar-refractivity contribution < 1.29 is 13.9 Å². The van der Waals surface area contributed by atoms with Gasteiger partial charge in [-0.1, -0.05) is 23.7 Å². The molecule has 26 heavy (non-hydrogen) atoms. The van der Waals surface area contributed by atoms with Crippen molar-refractivity contribution in [2.45, 2.75) is 12.8 Å². The van der Waals surface area contributed by atoms with Gasteiger partial charge in [0.2, 0.25) is 0 Å². The maximum Gasteiger partial charge on any atom is 0.255 e. The molecular weight excluding hydrogens is 357 g/mol. The Bertz CT molecular complexity index is 766. The number of hydrogen-bond acceptors (Lipinski definition) is 4. The molecule has 0 bridgehead atoms. The van der Waals surface area contributed by atoms with E-state index >= 15 is 0 Å². The van der Waals surface area contributed by atoms with Crippen molar-refractivity contribution in [2.75, 3.05) is 38.2 Å². The van der Waals surface area contributed by atoms with Crippen LogP contribution in [0.1, 0.15) is 22.3 Å². The van der Waals surface area contributed by atoms with Gasteiger partial charge in [0.05, 0.1) is 23.8 Å². The number of amides is 1. The molecule has 3 rings (SSSR count). The van der Waals surface area contributed by atoms with Crippen LogP contribution in [0.2, 0.25) is 5.02 Å². The van der Waals surface area contributed by atoms with Crippen LogP contribution in [0.3, 0.4) is 0 Å². The van der Waals surface area contributed by atoms with Gasteiger partial charge in [0.15, 0.2) is 0 Å². The molecule has 2 heterocycles. The first-order chi connectivity index (χ1) is 12.6. The van der Waals surface area contributed by atoms with E-state index in [1.807, 2.05) is 6.07 Å². The molecule has 5 nitrogen and oxygen atoms in total. The van der Waals surface area contributed by atoms with Crippen LogP contribution in [0.4, 0.5) is 10.2 Å². The standard InChI is InChI=1S/C19H21ClFN3O2/c20-17-12-15(19(25)24-7-9-26-10-8-24)13-23-18(17)22-6-2-4-14-3-1-5-16(21)11-14/h1,3,5,11-13H,2,4,6-10H2,(H,22,23). The molecule has 1 fully saturated rings. The van der Waals surface area contributed by atoms with E-state index in [9.17, 15) is 9.18 Å². The molecule has 1 saturated heterocycles. The lowest BCUT2D eigenvalue weighted by molar-refractivity contribution is 0.0302. The van der Waals surface area contributed by atoms with Crippen LogP contribution in [-0.2, 0) is 11.2 Å². The van der Waals surface area contributed by atoms with Gasteiger partial charge in [0, 0.05) is 25.8 Å². The molecule has 138 valence electrons. The van der Waals surface area contributed by atoms with Gasteiger partial charge in [-0.05, 0) is 36.6 Å². The Hall–Kier alpha value is -2.18. The molecule has 0 radical (unpaired) electrons. The molecule has 1 aliphatic rings. The molecule has 1 amide bonds. The summed E-state index contributed by atoms with van der Waals surface area (Å²) in [6.07, 6.45) is 3.12. The Labute approximate surface area is 157 Å². The molecule has 7 heteroatoms. The highest BCUT2D eigenvalue weighted by Gasteiger charge is 2.19. The molecule has 2 aromatic rings. The average Bonchev–Trinajstić information content (AvgIpc) is 2.66. The number of nitrogens with one attached hydrogen (secondary N) is 1. The van der Waals surface area contributed by atoms with Crippen molar-refractivity contribution in [3.05, 3.63) is 58.5 Å². The van der Waals surface area contributed by atoms with Crippen LogP contribution < -0.4 is 5.32 Å². The van der Waals surface area contributed by atoms with Crippen LogP contribution in [0, 0.1) is 5.82 Å². The van der Waals surface area contributed by atoms with Crippen molar-refractivity contribution >= 4 is 23.3 Å². The number of anilines is 1. The monoisotopic (exact) mass is 377 g/mol. The fourth-order valence-electron chi connectivity index (χ4n) is 2.83. The van der Waals surface area contributed by atoms with Crippen LogP contribution in [-0.4, -0.2) is 48.6 Å². The third-order valence-corrected chi connectivity index (χ3v) is 4.50. The quantitative estimate of drug-likeness (QED) is 0.784. The number of ether oxygens (including phenoxy) is 1. The Morgan fingerprint density at radius 2 is 2.12 bits per heavy atom. The number of morpholine rings is 1. The Kier molecular flexibility index (Phi) is 6.41. The van der Waals surface area contributed by atoms with E-state index in [1.54, 1.807) is 23.2 Å². The van der Waals surface area contributed by atoms with E-state index in [1.165, 1.54) is 12.1 Å². The number of carbonyl (C=O) groups is 1. The largest absolute Gasteiger partial charge is 0.378 e. The second-order valence-corrected chi connectivity index (χ2v) is 6.53. The van der Waals surface area contributed by atoms with Crippen molar-refractivity contribution in [3.8, 4) is 0 Å². The van der Waals surface area contributed by atoms with Gasteiger partial charge in [-0.3, -0.25) is 4.79 Å². The fourth-order valence-corrected chi connectivity index (χ4v) is 3.06. The van der Waals surface area contributed by atoms with E-state index < -0.39 is 0 Å². The van der Waals surface area contributed by atoms with Crippen molar-refractivity contribution in [1.29, 1.82) is 0 Å². The summed E-state index contributed by atoms with van der Waals surface area (Å²) in [5.41, 5.74) is 1.43. The summed E-state index contributed by atoms with van der Waals surface area (Å²) in [4.78, 5) is 18.4. The molecule has 1 aliphatic heterocycles. The van der Waals surface area contributed by atoms with Gasteiger partial charge in [0.1, 0.15) is 11.6 Å². The average molecular weight is 378 g/mol. The lowest BCUT2D eigenvalue weighted by atomic mass is 10.1. The number of nitrogens with zero attached hydrogens (tertiary/aromatic N) is 2. The normalized spacial score (nSPS) is 14.3. The highest BCUT2D eigenvalue weighted by Crippen LogP contribution is 2.21. The van der Waals surface area contributed by atoms with Crippen LogP contribution in [0.5, 0.6) is 0 Å². The number of pyridine rings is 1. The number of halogens is 2. The summed E-state index contributed by atoms with van der Waals surface area (Å²) in [6.45, 7) is 2.92. The minimum atomic E-state index is -0.222. The second kappa shape index (κ2) is 8.96. The zero-order chi connectivity index (χ0) is 18.4. The van der Waals surface area contributed by atoms with E-state index in [0.717, 1.165) is 18.4 Å². The molecule has 1 aromatic heterocycles. The third-order valence-electron chi connectivity index (χ3n) is 4.21. The summed E-state index contributed by atoms with van der Waals surface area (Å²) in [5, 5.41) is 3.57. The molecule has 0 spiro atoms. The minimum absolute atomic E-state index is 0.0830. The number of hydrogen-bond donors (Lipinski definition) is 1. The van der Waals surface area contributed by atoms with Gasteiger partial charge in [0.25, 0.3) is 5.91 Å². The van der Waals surface area contributed by atoms with E-state index in [4.69, 9.17) is 16.3 Å². The SMILES string of the molecule is O=C(c1cnc(NCCCc2cccc(F)c2)c(Cl)c1)N1CCOCC1. The van der Waals surface area contributed by atoms with Gasteiger partial charge in [-0.2, -0.15) is 0 Å². The summed E-state index contributed by atoms with van der Waals surface area (Å²) < 4.78 is 18.4. The second-order valence-electron chi connectivity index (χ2n) is 6.12. The number of benzene rings is 1. The molecule has 0 atom stereocenters. The van der Waals surface area contributed by atoms with Crippen molar-refractivity contribution in [3.63, 3.8) is 0 Å². The molecule has 1 aromatic carbocycles. The first-order valence-electron chi connectivity index (χ1n) is 8.64. The zero-order valence-corrected chi connectivity index (χ0v) is 15.1. The minimum Gasteiger partial charge on any atom is -0.378 e. The highest BCUT2D eigenvalue weighted by molar-refractivity contribution is 6.33. The number of carbonyl (C=O) groups excluding carboxylic acids is 1.